The van der Waals surface area contributed by atoms with E-state index in [2.05, 4.69) is 15.5 Å². The number of carbonyl (C=O) groups is 1. The third-order valence-electron chi connectivity index (χ3n) is 4.35. The van der Waals surface area contributed by atoms with Crippen LogP contribution in [-0.4, -0.2) is 25.8 Å². The fourth-order valence-electron chi connectivity index (χ4n) is 2.93. The summed E-state index contributed by atoms with van der Waals surface area (Å²) < 4.78 is 1.98. The van der Waals surface area contributed by atoms with Gasteiger partial charge in [-0.1, -0.05) is 60.1 Å². The first kappa shape index (κ1) is 19.1. The van der Waals surface area contributed by atoms with E-state index in [1.165, 1.54) is 11.8 Å². The second-order valence-corrected chi connectivity index (χ2v) is 8.19. The molecule has 2 aromatic carbocycles. The van der Waals surface area contributed by atoms with E-state index in [0.717, 1.165) is 16.6 Å². The Kier molecular flexibility index (Phi) is 5.44. The van der Waals surface area contributed by atoms with Crippen molar-refractivity contribution in [2.24, 2.45) is 0 Å². The zero-order valence-corrected chi connectivity index (χ0v) is 17.2. The Balaban J connectivity index is 1.62. The van der Waals surface area contributed by atoms with Gasteiger partial charge in [0.25, 0.3) is 0 Å². The SMILES string of the molecule is CCC(Sc1nnc2ccc3ccccc3n12)C(=O)Nc1ccc(Cl)c(Cl)c1. The number of amides is 1. The number of halogens is 2. The Morgan fingerprint density at radius 3 is 2.71 bits per heavy atom. The van der Waals surface area contributed by atoms with Gasteiger partial charge in [-0.05, 0) is 48.2 Å². The molecule has 1 unspecified atom stereocenters. The molecule has 5 nitrogen and oxygen atoms in total. The van der Waals surface area contributed by atoms with Crippen LogP contribution < -0.4 is 5.32 Å². The molecule has 0 fully saturated rings. The molecule has 0 saturated carbocycles. The van der Waals surface area contributed by atoms with Gasteiger partial charge in [0.05, 0.1) is 20.8 Å². The minimum atomic E-state index is -0.333. The molecule has 2 heterocycles. The summed E-state index contributed by atoms with van der Waals surface area (Å²) in [5, 5.41) is 13.7. The van der Waals surface area contributed by atoms with Gasteiger partial charge >= 0.3 is 0 Å². The predicted octanol–water partition coefficient (Wildman–Crippen LogP) is 5.70. The van der Waals surface area contributed by atoms with Crippen molar-refractivity contribution in [1.29, 1.82) is 0 Å². The smallest absolute Gasteiger partial charge is 0.237 e. The molecule has 8 heteroatoms. The van der Waals surface area contributed by atoms with Gasteiger partial charge in [-0.3, -0.25) is 9.20 Å². The van der Waals surface area contributed by atoms with Gasteiger partial charge in [-0.25, -0.2) is 0 Å². The van der Waals surface area contributed by atoms with Crippen LogP contribution in [0.2, 0.25) is 10.0 Å². The Hall–Kier alpha value is -2.28. The van der Waals surface area contributed by atoms with Crippen molar-refractivity contribution in [1.82, 2.24) is 14.6 Å². The van der Waals surface area contributed by atoms with Crippen molar-refractivity contribution in [3.63, 3.8) is 0 Å². The average Bonchev–Trinajstić information content (AvgIpc) is 3.12. The quantitative estimate of drug-likeness (QED) is 0.412. The first-order valence-electron chi connectivity index (χ1n) is 8.72. The van der Waals surface area contributed by atoms with E-state index in [0.29, 0.717) is 27.3 Å². The number of thioether (sulfide) groups is 1. The molecular weight excluding hydrogens is 415 g/mol. The minimum absolute atomic E-state index is 0.122. The van der Waals surface area contributed by atoms with Crippen LogP contribution in [-0.2, 0) is 4.79 Å². The summed E-state index contributed by atoms with van der Waals surface area (Å²) in [7, 11) is 0. The number of aromatic nitrogens is 3. The van der Waals surface area contributed by atoms with Crippen molar-refractivity contribution < 1.29 is 4.79 Å². The van der Waals surface area contributed by atoms with Crippen LogP contribution in [0.4, 0.5) is 5.69 Å². The summed E-state index contributed by atoms with van der Waals surface area (Å²) in [6, 6.07) is 17.0. The third-order valence-corrected chi connectivity index (χ3v) is 6.39. The van der Waals surface area contributed by atoms with Gasteiger partial charge in [-0.15, -0.1) is 10.2 Å². The first-order valence-corrected chi connectivity index (χ1v) is 10.4. The number of fused-ring (bicyclic) bond motifs is 3. The van der Waals surface area contributed by atoms with Crippen molar-refractivity contribution in [2.75, 3.05) is 5.32 Å². The van der Waals surface area contributed by atoms with Crippen LogP contribution in [0.15, 0.2) is 59.8 Å². The second-order valence-electron chi connectivity index (χ2n) is 6.20. The molecule has 0 aliphatic rings. The summed E-state index contributed by atoms with van der Waals surface area (Å²) in [6.45, 7) is 1.97. The van der Waals surface area contributed by atoms with E-state index in [1.54, 1.807) is 18.2 Å². The van der Waals surface area contributed by atoms with E-state index < -0.39 is 0 Å². The largest absolute Gasteiger partial charge is 0.325 e. The number of para-hydroxylation sites is 1. The lowest BCUT2D eigenvalue weighted by molar-refractivity contribution is -0.115. The topological polar surface area (TPSA) is 59.3 Å². The minimum Gasteiger partial charge on any atom is -0.325 e. The van der Waals surface area contributed by atoms with Crippen LogP contribution in [0.3, 0.4) is 0 Å². The summed E-state index contributed by atoms with van der Waals surface area (Å²) in [6.07, 6.45) is 0.636. The zero-order valence-electron chi connectivity index (χ0n) is 14.9. The fraction of sp³-hybridized carbons (Fsp3) is 0.150. The van der Waals surface area contributed by atoms with E-state index in [4.69, 9.17) is 23.2 Å². The molecular formula is C20H16Cl2N4OS. The maximum Gasteiger partial charge on any atom is 0.237 e. The molecule has 1 N–H and O–H groups in total. The molecule has 142 valence electrons. The average molecular weight is 431 g/mol. The highest BCUT2D eigenvalue weighted by Gasteiger charge is 2.22. The van der Waals surface area contributed by atoms with Gasteiger partial charge in [0.1, 0.15) is 0 Å². The molecule has 0 saturated heterocycles. The van der Waals surface area contributed by atoms with Gasteiger partial charge in [0.2, 0.25) is 5.91 Å². The Bertz CT molecular complexity index is 1180. The van der Waals surface area contributed by atoms with E-state index in [9.17, 15) is 4.79 Å². The number of nitrogens with one attached hydrogen (secondary N) is 1. The van der Waals surface area contributed by atoms with Crippen molar-refractivity contribution in [3.05, 3.63) is 64.6 Å². The molecule has 0 aliphatic carbocycles. The zero-order chi connectivity index (χ0) is 19.7. The summed E-state index contributed by atoms with van der Waals surface area (Å²) in [4.78, 5) is 12.8. The molecule has 2 aromatic heterocycles. The number of carbonyl (C=O) groups excluding carboxylic acids is 1. The number of rotatable bonds is 5. The number of benzene rings is 2. The second kappa shape index (κ2) is 7.99. The summed E-state index contributed by atoms with van der Waals surface area (Å²) in [5.74, 6) is -0.122. The molecule has 28 heavy (non-hydrogen) atoms. The van der Waals surface area contributed by atoms with Gasteiger partial charge < -0.3 is 5.32 Å². The maximum atomic E-state index is 12.8. The lowest BCUT2D eigenvalue weighted by atomic mass is 10.2. The third kappa shape index (κ3) is 3.68. The Morgan fingerprint density at radius 1 is 1.11 bits per heavy atom. The molecule has 4 rings (SSSR count). The molecule has 0 spiro atoms. The highest BCUT2D eigenvalue weighted by Crippen LogP contribution is 2.29. The van der Waals surface area contributed by atoms with E-state index in [-0.39, 0.29) is 11.2 Å². The monoisotopic (exact) mass is 430 g/mol. The van der Waals surface area contributed by atoms with Gasteiger partial charge in [0, 0.05) is 5.69 Å². The molecule has 1 amide bonds. The Morgan fingerprint density at radius 2 is 1.93 bits per heavy atom. The van der Waals surface area contributed by atoms with Crippen molar-refractivity contribution in [3.8, 4) is 0 Å². The molecule has 4 aromatic rings. The lowest BCUT2D eigenvalue weighted by Crippen LogP contribution is -2.24. The lowest BCUT2D eigenvalue weighted by Gasteiger charge is -2.14. The summed E-state index contributed by atoms with van der Waals surface area (Å²) >= 11 is 13.4. The Labute approximate surface area is 176 Å². The van der Waals surface area contributed by atoms with Crippen LogP contribution in [0.5, 0.6) is 0 Å². The predicted molar refractivity (Wildman–Crippen MR) is 116 cm³/mol. The molecule has 0 aliphatic heterocycles. The van der Waals surface area contributed by atoms with E-state index in [1.807, 2.05) is 47.7 Å². The molecule has 0 radical (unpaired) electrons. The highest BCUT2D eigenvalue weighted by molar-refractivity contribution is 8.00. The summed E-state index contributed by atoms with van der Waals surface area (Å²) in [5.41, 5.74) is 2.36. The number of anilines is 1. The highest BCUT2D eigenvalue weighted by atomic mass is 35.5. The maximum absolute atomic E-state index is 12.8. The standard InChI is InChI=1S/C20H16Cl2N4OS/c1-2-17(19(27)23-13-8-9-14(21)15(22)11-13)28-20-25-24-18-10-7-12-5-3-4-6-16(12)26(18)20/h3-11,17H,2H2,1H3,(H,23,27). The van der Waals surface area contributed by atoms with Crippen LogP contribution in [0.1, 0.15) is 13.3 Å². The van der Waals surface area contributed by atoms with Gasteiger partial charge in [-0.2, -0.15) is 0 Å². The molecule has 1 atom stereocenters. The number of hydrogen-bond acceptors (Lipinski definition) is 4. The normalized spacial score (nSPS) is 12.4. The van der Waals surface area contributed by atoms with Gasteiger partial charge in [0.15, 0.2) is 10.8 Å². The number of hydrogen-bond donors (Lipinski definition) is 1. The molecule has 0 bridgehead atoms. The number of pyridine rings is 1. The number of nitrogens with zero attached hydrogens (tertiary/aromatic N) is 3. The fourth-order valence-corrected chi connectivity index (χ4v) is 4.21. The van der Waals surface area contributed by atoms with Crippen LogP contribution >= 0.6 is 35.0 Å². The van der Waals surface area contributed by atoms with Crippen molar-refractivity contribution >= 4 is 63.1 Å². The van der Waals surface area contributed by atoms with Crippen LogP contribution in [0, 0.1) is 0 Å². The van der Waals surface area contributed by atoms with Crippen LogP contribution in [0.25, 0.3) is 16.6 Å². The van der Waals surface area contributed by atoms with E-state index >= 15 is 0 Å². The first-order chi connectivity index (χ1) is 13.6. The van der Waals surface area contributed by atoms with Crippen molar-refractivity contribution in [2.45, 2.75) is 23.8 Å².